The lowest BCUT2D eigenvalue weighted by Crippen LogP contribution is -2.50. The largest absolute Gasteiger partial charge is 0.463 e. The monoisotopic (exact) mass is 483 g/mol. The molecule has 1 aliphatic heterocycles. The molecular formula is C23H22FN5O4S. The fraction of sp³-hybridized carbons (Fsp3) is 0.261. The van der Waals surface area contributed by atoms with Crippen molar-refractivity contribution in [3.05, 3.63) is 65.8 Å². The molecule has 1 aromatic carbocycles. The summed E-state index contributed by atoms with van der Waals surface area (Å²) in [4.78, 5) is 19.7. The zero-order valence-corrected chi connectivity index (χ0v) is 19.4. The lowest BCUT2D eigenvalue weighted by molar-refractivity contribution is 0.0700. The van der Waals surface area contributed by atoms with Gasteiger partial charge in [0.1, 0.15) is 11.5 Å². The minimum atomic E-state index is -3.85. The van der Waals surface area contributed by atoms with Crippen molar-refractivity contribution in [2.24, 2.45) is 7.05 Å². The molecule has 4 heterocycles. The molecule has 4 aromatic rings. The topological polar surface area (TPSA) is 102 Å². The van der Waals surface area contributed by atoms with Crippen molar-refractivity contribution in [2.75, 3.05) is 26.2 Å². The van der Waals surface area contributed by atoms with Crippen LogP contribution in [0, 0.1) is 12.7 Å². The first-order valence-electron chi connectivity index (χ1n) is 10.7. The molecule has 1 aliphatic rings. The maximum absolute atomic E-state index is 13.6. The Bertz CT molecular complexity index is 1490. The van der Waals surface area contributed by atoms with Crippen molar-refractivity contribution in [1.29, 1.82) is 0 Å². The number of rotatable bonds is 4. The lowest BCUT2D eigenvalue weighted by atomic mass is 10.1. The summed E-state index contributed by atoms with van der Waals surface area (Å²) in [6.07, 6.45) is 1.54. The van der Waals surface area contributed by atoms with Gasteiger partial charge in [0.2, 0.25) is 10.0 Å². The van der Waals surface area contributed by atoms with E-state index in [2.05, 4.69) is 10.1 Å². The number of nitrogens with zero attached hydrogens (tertiary/aromatic N) is 5. The van der Waals surface area contributed by atoms with Crippen LogP contribution in [0.1, 0.15) is 16.1 Å². The molecular weight excluding hydrogens is 461 g/mol. The van der Waals surface area contributed by atoms with Gasteiger partial charge in [-0.3, -0.25) is 9.48 Å². The molecule has 0 saturated carbocycles. The van der Waals surface area contributed by atoms with E-state index in [0.29, 0.717) is 33.7 Å². The van der Waals surface area contributed by atoms with E-state index in [9.17, 15) is 17.6 Å². The summed E-state index contributed by atoms with van der Waals surface area (Å²) in [5.41, 5.74) is 2.17. The van der Waals surface area contributed by atoms with E-state index in [-0.39, 0.29) is 37.0 Å². The summed E-state index contributed by atoms with van der Waals surface area (Å²) in [5, 5.41) is 5.07. The number of sulfonamides is 1. The van der Waals surface area contributed by atoms with Gasteiger partial charge in [0.15, 0.2) is 11.4 Å². The van der Waals surface area contributed by atoms with Crippen molar-refractivity contribution < 1.29 is 22.0 Å². The van der Waals surface area contributed by atoms with Gasteiger partial charge in [-0.15, -0.1) is 0 Å². The molecule has 0 bridgehead atoms. The highest BCUT2D eigenvalue weighted by Gasteiger charge is 2.32. The van der Waals surface area contributed by atoms with Gasteiger partial charge in [-0.1, -0.05) is 6.07 Å². The van der Waals surface area contributed by atoms with Gasteiger partial charge in [0.05, 0.1) is 27.8 Å². The summed E-state index contributed by atoms with van der Waals surface area (Å²) >= 11 is 0. The Morgan fingerprint density at radius 2 is 1.85 bits per heavy atom. The number of aryl methyl sites for hydroxylation is 2. The number of halogens is 1. The molecule has 0 spiro atoms. The van der Waals surface area contributed by atoms with Crippen LogP contribution < -0.4 is 0 Å². The molecule has 0 atom stereocenters. The maximum atomic E-state index is 13.6. The molecule has 9 nitrogen and oxygen atoms in total. The van der Waals surface area contributed by atoms with Crippen LogP contribution in [0.15, 0.2) is 58.0 Å². The summed E-state index contributed by atoms with van der Waals surface area (Å²) in [7, 11) is -2.09. The standard InChI is InChI=1S/C23H22FN5O4S/c1-15-21-18(14-19(20-7-4-12-33-20)25-22(21)27(2)26-15)23(30)28-8-10-29(11-9-28)34(31,32)17-6-3-5-16(24)13-17/h3-7,12-14H,8-11H2,1-2H3. The smallest absolute Gasteiger partial charge is 0.254 e. The molecule has 0 unspecified atom stereocenters. The van der Waals surface area contributed by atoms with Crippen LogP contribution in [0.3, 0.4) is 0 Å². The van der Waals surface area contributed by atoms with E-state index < -0.39 is 15.8 Å². The molecule has 0 N–H and O–H groups in total. The zero-order valence-electron chi connectivity index (χ0n) is 18.6. The first-order chi connectivity index (χ1) is 16.3. The maximum Gasteiger partial charge on any atom is 0.254 e. The highest BCUT2D eigenvalue weighted by Crippen LogP contribution is 2.28. The van der Waals surface area contributed by atoms with Crippen molar-refractivity contribution >= 4 is 27.0 Å². The summed E-state index contributed by atoms with van der Waals surface area (Å²) in [6, 6.07) is 10.1. The third-order valence-electron chi connectivity index (χ3n) is 5.93. The number of benzene rings is 1. The second-order valence-corrected chi connectivity index (χ2v) is 10.0. The SMILES string of the molecule is Cc1nn(C)c2nc(-c3ccco3)cc(C(=O)N3CCN(S(=O)(=O)c4cccc(F)c4)CC3)c12. The van der Waals surface area contributed by atoms with Crippen molar-refractivity contribution in [3.8, 4) is 11.5 Å². The number of hydrogen-bond acceptors (Lipinski definition) is 6. The number of carbonyl (C=O) groups is 1. The van der Waals surface area contributed by atoms with Gasteiger partial charge in [-0.05, 0) is 43.3 Å². The van der Waals surface area contributed by atoms with Crippen LogP contribution in [-0.2, 0) is 17.1 Å². The van der Waals surface area contributed by atoms with Gasteiger partial charge in [0.25, 0.3) is 5.91 Å². The number of fused-ring (bicyclic) bond motifs is 1. The Kier molecular flexibility index (Phi) is 5.45. The molecule has 1 amide bonds. The molecule has 1 saturated heterocycles. The first-order valence-corrected chi connectivity index (χ1v) is 12.1. The van der Waals surface area contributed by atoms with Gasteiger partial charge >= 0.3 is 0 Å². The predicted molar refractivity (Wildman–Crippen MR) is 122 cm³/mol. The minimum absolute atomic E-state index is 0.0998. The Balaban J connectivity index is 1.43. The van der Waals surface area contributed by atoms with Gasteiger partial charge in [-0.2, -0.15) is 9.40 Å². The lowest BCUT2D eigenvalue weighted by Gasteiger charge is -2.34. The Morgan fingerprint density at radius 3 is 2.53 bits per heavy atom. The van der Waals surface area contributed by atoms with E-state index >= 15 is 0 Å². The van der Waals surface area contributed by atoms with Crippen molar-refractivity contribution in [2.45, 2.75) is 11.8 Å². The van der Waals surface area contributed by atoms with E-state index in [0.717, 1.165) is 6.07 Å². The Labute approximate surface area is 195 Å². The Hall–Kier alpha value is -3.57. The number of piperazine rings is 1. The van der Waals surface area contributed by atoms with Crippen molar-refractivity contribution in [3.63, 3.8) is 0 Å². The van der Waals surface area contributed by atoms with Crippen LogP contribution >= 0.6 is 0 Å². The van der Waals surface area contributed by atoms with Crippen LogP contribution in [0.4, 0.5) is 4.39 Å². The molecule has 3 aromatic heterocycles. The number of pyridine rings is 1. The third kappa shape index (κ3) is 3.76. The Morgan fingerprint density at radius 1 is 1.09 bits per heavy atom. The number of carbonyl (C=O) groups excluding carboxylic acids is 1. The quantitative estimate of drug-likeness (QED) is 0.442. The first kappa shape index (κ1) is 22.2. The number of aromatic nitrogens is 3. The third-order valence-corrected chi connectivity index (χ3v) is 7.83. The number of amides is 1. The normalized spacial score (nSPS) is 15.2. The zero-order chi connectivity index (χ0) is 24.0. The van der Waals surface area contributed by atoms with E-state index in [1.165, 1.54) is 28.8 Å². The van der Waals surface area contributed by atoms with Crippen LogP contribution in [0.2, 0.25) is 0 Å². The van der Waals surface area contributed by atoms with E-state index in [4.69, 9.17) is 4.42 Å². The van der Waals surface area contributed by atoms with Gasteiger partial charge < -0.3 is 9.32 Å². The average molecular weight is 484 g/mol. The summed E-state index contributed by atoms with van der Waals surface area (Å²) in [5.74, 6) is -0.323. The molecule has 0 aliphatic carbocycles. The van der Waals surface area contributed by atoms with Crippen LogP contribution in [-0.4, -0.2) is 64.5 Å². The van der Waals surface area contributed by atoms with E-state index in [1.807, 2.05) is 6.92 Å². The highest BCUT2D eigenvalue weighted by molar-refractivity contribution is 7.89. The fourth-order valence-corrected chi connectivity index (χ4v) is 5.70. The highest BCUT2D eigenvalue weighted by atomic mass is 32.2. The van der Waals surface area contributed by atoms with Crippen LogP contribution in [0.5, 0.6) is 0 Å². The molecule has 1 fully saturated rings. The number of hydrogen-bond donors (Lipinski definition) is 0. The summed E-state index contributed by atoms with van der Waals surface area (Å²) < 4.78 is 47.8. The molecule has 176 valence electrons. The van der Waals surface area contributed by atoms with Gasteiger partial charge in [-0.25, -0.2) is 17.8 Å². The van der Waals surface area contributed by atoms with Crippen molar-refractivity contribution in [1.82, 2.24) is 24.0 Å². The van der Waals surface area contributed by atoms with E-state index in [1.54, 1.807) is 34.8 Å². The van der Waals surface area contributed by atoms with Crippen LogP contribution in [0.25, 0.3) is 22.5 Å². The molecule has 34 heavy (non-hydrogen) atoms. The molecule has 11 heteroatoms. The van der Waals surface area contributed by atoms with Gasteiger partial charge in [0, 0.05) is 33.2 Å². The summed E-state index contributed by atoms with van der Waals surface area (Å²) in [6.45, 7) is 2.43. The minimum Gasteiger partial charge on any atom is -0.463 e. The average Bonchev–Trinajstić information content (AvgIpc) is 3.47. The second kappa shape index (κ2) is 8.33. The molecule has 0 radical (unpaired) electrons. The second-order valence-electron chi connectivity index (χ2n) is 8.09. The predicted octanol–water partition coefficient (Wildman–Crippen LogP) is 2.82. The number of furan rings is 1. The fourth-order valence-electron chi connectivity index (χ4n) is 4.24. The molecule has 5 rings (SSSR count).